The molecule has 88 valence electrons. The third-order valence-corrected chi connectivity index (χ3v) is 1.85. The third-order valence-electron chi connectivity index (χ3n) is 1.85. The van der Waals surface area contributed by atoms with Crippen molar-refractivity contribution in [3.05, 3.63) is 24.0 Å². The zero-order valence-electron chi connectivity index (χ0n) is 9.53. The number of amides is 1. The molecule has 1 N–H and O–H groups in total. The molecule has 0 saturated heterocycles. The Bertz CT molecular complexity index is 342. The fraction of sp³-hybridized carbons (Fsp3) is 0.455. The highest BCUT2D eigenvalue weighted by Crippen LogP contribution is 2.06. The van der Waals surface area contributed by atoms with E-state index in [4.69, 9.17) is 9.47 Å². The highest BCUT2D eigenvalue weighted by atomic mass is 16.5. The van der Waals surface area contributed by atoms with Crippen molar-refractivity contribution in [3.8, 4) is 0 Å². The summed E-state index contributed by atoms with van der Waals surface area (Å²) in [5, 5.41) is 2.71. The Balaban J connectivity index is 2.29. The van der Waals surface area contributed by atoms with Gasteiger partial charge in [-0.15, -0.1) is 0 Å². The molecular formula is C11H16N2O3. The number of aryl methyl sites for hydroxylation is 1. The largest absolute Gasteiger partial charge is 0.382 e. The van der Waals surface area contributed by atoms with Gasteiger partial charge in [-0.25, -0.2) is 0 Å². The van der Waals surface area contributed by atoms with Crippen molar-refractivity contribution in [2.24, 2.45) is 0 Å². The molecule has 1 aromatic rings. The molecular weight excluding hydrogens is 208 g/mol. The molecule has 0 aliphatic carbocycles. The molecule has 0 radical (unpaired) electrons. The lowest BCUT2D eigenvalue weighted by Crippen LogP contribution is -2.19. The number of hydrogen-bond acceptors (Lipinski definition) is 4. The third kappa shape index (κ3) is 4.86. The Labute approximate surface area is 94.8 Å². The average Bonchev–Trinajstić information content (AvgIpc) is 2.24. The van der Waals surface area contributed by atoms with Crippen LogP contribution in [0.2, 0.25) is 0 Å². The summed E-state index contributed by atoms with van der Waals surface area (Å²) in [6.45, 7) is 2.80. The second kappa shape index (κ2) is 6.92. The van der Waals surface area contributed by atoms with Gasteiger partial charge in [0.25, 0.3) is 0 Å². The van der Waals surface area contributed by atoms with Crippen LogP contribution in [0.4, 0.5) is 5.69 Å². The summed E-state index contributed by atoms with van der Waals surface area (Å²) >= 11 is 0. The number of pyridine rings is 1. The minimum atomic E-state index is -0.179. The van der Waals surface area contributed by atoms with Gasteiger partial charge in [0, 0.05) is 24.7 Å². The van der Waals surface area contributed by atoms with Gasteiger partial charge in [-0.05, 0) is 19.1 Å². The monoisotopic (exact) mass is 224 g/mol. The first-order valence-electron chi connectivity index (χ1n) is 5.01. The molecule has 0 spiro atoms. The fourth-order valence-electron chi connectivity index (χ4n) is 1.13. The molecule has 16 heavy (non-hydrogen) atoms. The van der Waals surface area contributed by atoms with Crippen LogP contribution >= 0.6 is 0 Å². The molecule has 0 saturated carbocycles. The molecule has 5 heteroatoms. The molecule has 0 aliphatic heterocycles. The van der Waals surface area contributed by atoms with Gasteiger partial charge in [0.15, 0.2) is 0 Å². The molecule has 1 aromatic heterocycles. The maximum absolute atomic E-state index is 11.4. The average molecular weight is 224 g/mol. The van der Waals surface area contributed by atoms with Gasteiger partial charge in [0.1, 0.15) is 6.61 Å². The number of carbonyl (C=O) groups is 1. The Morgan fingerprint density at radius 1 is 1.50 bits per heavy atom. The van der Waals surface area contributed by atoms with Gasteiger partial charge in [-0.2, -0.15) is 0 Å². The van der Waals surface area contributed by atoms with Crippen molar-refractivity contribution in [2.45, 2.75) is 6.92 Å². The summed E-state index contributed by atoms with van der Waals surface area (Å²) in [5.41, 5.74) is 1.59. The number of anilines is 1. The number of aromatic nitrogens is 1. The molecule has 1 heterocycles. The second-order valence-corrected chi connectivity index (χ2v) is 3.28. The summed E-state index contributed by atoms with van der Waals surface area (Å²) < 4.78 is 9.88. The van der Waals surface area contributed by atoms with Crippen LogP contribution in [0.15, 0.2) is 18.3 Å². The van der Waals surface area contributed by atoms with E-state index in [0.29, 0.717) is 13.2 Å². The number of rotatable bonds is 6. The van der Waals surface area contributed by atoms with Crippen molar-refractivity contribution >= 4 is 11.6 Å². The first-order chi connectivity index (χ1) is 7.72. The van der Waals surface area contributed by atoms with Gasteiger partial charge in [0.2, 0.25) is 5.91 Å². The van der Waals surface area contributed by atoms with E-state index >= 15 is 0 Å². The standard InChI is InChI=1S/C11H16N2O3/c1-9-7-10(3-4-12-9)13-11(14)8-16-6-5-15-2/h3-4,7H,5-6,8H2,1-2H3,(H,12,13,14). The molecule has 0 aromatic carbocycles. The van der Waals surface area contributed by atoms with Gasteiger partial charge in [0.05, 0.1) is 13.2 Å². The van der Waals surface area contributed by atoms with E-state index in [1.165, 1.54) is 0 Å². The van der Waals surface area contributed by atoms with Gasteiger partial charge in [-0.3, -0.25) is 9.78 Å². The summed E-state index contributed by atoms with van der Waals surface area (Å²) in [5.74, 6) is -0.179. The minimum absolute atomic E-state index is 0.0325. The van der Waals surface area contributed by atoms with E-state index in [2.05, 4.69) is 10.3 Å². The predicted molar refractivity (Wildman–Crippen MR) is 60.3 cm³/mol. The van der Waals surface area contributed by atoms with Crippen molar-refractivity contribution in [1.29, 1.82) is 0 Å². The summed E-state index contributed by atoms with van der Waals surface area (Å²) in [7, 11) is 1.59. The molecule has 0 atom stereocenters. The summed E-state index contributed by atoms with van der Waals surface area (Å²) in [4.78, 5) is 15.4. The Hall–Kier alpha value is -1.46. The lowest BCUT2D eigenvalue weighted by atomic mass is 10.3. The maximum atomic E-state index is 11.4. The normalized spacial score (nSPS) is 10.1. The Morgan fingerprint density at radius 3 is 3.00 bits per heavy atom. The topological polar surface area (TPSA) is 60.5 Å². The summed E-state index contributed by atoms with van der Waals surface area (Å²) in [6.07, 6.45) is 1.65. The maximum Gasteiger partial charge on any atom is 0.250 e. The van der Waals surface area contributed by atoms with Crippen molar-refractivity contribution < 1.29 is 14.3 Å². The molecule has 0 unspecified atom stereocenters. The first kappa shape index (κ1) is 12.6. The molecule has 1 amide bonds. The van der Waals surface area contributed by atoms with Crippen LogP contribution < -0.4 is 5.32 Å². The zero-order chi connectivity index (χ0) is 11.8. The van der Waals surface area contributed by atoms with Crippen LogP contribution in [-0.2, 0) is 14.3 Å². The molecule has 0 fully saturated rings. The van der Waals surface area contributed by atoms with Crippen LogP contribution in [0.3, 0.4) is 0 Å². The number of methoxy groups -OCH3 is 1. The van der Waals surface area contributed by atoms with E-state index in [0.717, 1.165) is 11.4 Å². The van der Waals surface area contributed by atoms with Crippen LogP contribution in [-0.4, -0.2) is 37.8 Å². The number of ether oxygens (including phenoxy) is 2. The molecule has 1 rings (SSSR count). The number of carbonyl (C=O) groups excluding carboxylic acids is 1. The lowest BCUT2D eigenvalue weighted by Gasteiger charge is -2.06. The smallest absolute Gasteiger partial charge is 0.250 e. The van der Waals surface area contributed by atoms with Crippen molar-refractivity contribution in [2.75, 3.05) is 32.2 Å². The summed E-state index contributed by atoms with van der Waals surface area (Å²) in [6, 6.07) is 3.53. The molecule has 0 aliphatic rings. The molecule has 0 bridgehead atoms. The van der Waals surface area contributed by atoms with Crippen LogP contribution in [0.5, 0.6) is 0 Å². The Morgan fingerprint density at radius 2 is 2.31 bits per heavy atom. The highest BCUT2D eigenvalue weighted by molar-refractivity contribution is 5.91. The quantitative estimate of drug-likeness (QED) is 0.732. The number of hydrogen-bond donors (Lipinski definition) is 1. The van der Waals surface area contributed by atoms with Gasteiger partial charge < -0.3 is 14.8 Å². The van der Waals surface area contributed by atoms with Crippen LogP contribution in [0, 0.1) is 6.92 Å². The van der Waals surface area contributed by atoms with Crippen molar-refractivity contribution in [3.63, 3.8) is 0 Å². The first-order valence-corrected chi connectivity index (χ1v) is 5.01. The predicted octanol–water partition coefficient (Wildman–Crippen LogP) is 0.992. The highest BCUT2D eigenvalue weighted by Gasteiger charge is 2.02. The van der Waals surface area contributed by atoms with E-state index < -0.39 is 0 Å². The minimum Gasteiger partial charge on any atom is -0.382 e. The van der Waals surface area contributed by atoms with E-state index in [9.17, 15) is 4.79 Å². The number of nitrogens with one attached hydrogen (secondary N) is 1. The van der Waals surface area contributed by atoms with Crippen LogP contribution in [0.1, 0.15) is 5.69 Å². The van der Waals surface area contributed by atoms with Gasteiger partial charge >= 0.3 is 0 Å². The lowest BCUT2D eigenvalue weighted by molar-refractivity contribution is -0.121. The van der Waals surface area contributed by atoms with Crippen LogP contribution in [0.25, 0.3) is 0 Å². The van der Waals surface area contributed by atoms with E-state index in [1.54, 1.807) is 25.4 Å². The second-order valence-electron chi connectivity index (χ2n) is 3.28. The SMILES string of the molecule is COCCOCC(=O)Nc1ccnc(C)c1. The zero-order valence-corrected chi connectivity index (χ0v) is 9.53. The fourth-order valence-corrected chi connectivity index (χ4v) is 1.13. The van der Waals surface area contributed by atoms with E-state index in [1.807, 2.05) is 6.92 Å². The van der Waals surface area contributed by atoms with E-state index in [-0.39, 0.29) is 12.5 Å². The van der Waals surface area contributed by atoms with Crippen molar-refractivity contribution in [1.82, 2.24) is 4.98 Å². The van der Waals surface area contributed by atoms with Gasteiger partial charge in [-0.1, -0.05) is 0 Å². The molecule has 5 nitrogen and oxygen atoms in total. The number of nitrogens with zero attached hydrogens (tertiary/aromatic N) is 1. The Kier molecular flexibility index (Phi) is 5.45.